The number of alkyl carbamates (subject to hydrolysis) is 1. The number of alkyl halides is 5. The van der Waals surface area contributed by atoms with Gasteiger partial charge in [-0.25, -0.2) is 14.8 Å². The molecule has 5 N–H and O–H groups in total. The van der Waals surface area contributed by atoms with Gasteiger partial charge in [-0.15, -0.1) is 0 Å². The molecule has 3 aromatic carbocycles. The minimum atomic E-state index is -5.86. The number of carbonyl (C=O) groups excluding carboxylic acids is 3. The van der Waals surface area contributed by atoms with Crippen LogP contribution in [0, 0.1) is 18.8 Å². The van der Waals surface area contributed by atoms with E-state index in [-0.39, 0.29) is 46.8 Å². The van der Waals surface area contributed by atoms with Gasteiger partial charge in [0.2, 0.25) is 11.8 Å². The van der Waals surface area contributed by atoms with Gasteiger partial charge in [0.25, 0.3) is 0 Å². The lowest BCUT2D eigenvalue weighted by atomic mass is 9.81. The van der Waals surface area contributed by atoms with Crippen LogP contribution in [0.25, 0.3) is 33.2 Å². The van der Waals surface area contributed by atoms with Crippen molar-refractivity contribution in [3.63, 3.8) is 0 Å². The van der Waals surface area contributed by atoms with Crippen LogP contribution in [0.4, 0.5) is 32.4 Å². The van der Waals surface area contributed by atoms with Crippen molar-refractivity contribution < 1.29 is 41.1 Å². The van der Waals surface area contributed by atoms with Crippen molar-refractivity contribution in [2.75, 3.05) is 11.9 Å². The van der Waals surface area contributed by atoms with Crippen LogP contribution < -0.4 is 16.0 Å². The molecule has 0 spiro atoms. The molecular formula is C42H48F5N7O4. The Labute approximate surface area is 332 Å². The molecule has 3 amide bonds. The van der Waals surface area contributed by atoms with Crippen molar-refractivity contribution in [1.29, 1.82) is 0 Å². The third-order valence-corrected chi connectivity index (χ3v) is 10.3. The van der Waals surface area contributed by atoms with E-state index in [2.05, 4.69) is 45.8 Å². The van der Waals surface area contributed by atoms with E-state index in [1.54, 1.807) is 20.8 Å². The van der Waals surface area contributed by atoms with Gasteiger partial charge < -0.3 is 30.7 Å². The average molecular weight is 810 g/mol. The molecule has 1 aliphatic carbocycles. The van der Waals surface area contributed by atoms with Crippen LogP contribution >= 0.6 is 0 Å². The summed E-state index contributed by atoms with van der Waals surface area (Å²) in [5, 5.41) is 8.40. The van der Waals surface area contributed by atoms with Crippen LogP contribution in [0.2, 0.25) is 0 Å². The molecule has 16 heteroatoms. The van der Waals surface area contributed by atoms with E-state index in [1.807, 2.05) is 42.2 Å². The fourth-order valence-corrected chi connectivity index (χ4v) is 7.09. The number of fused-ring (bicyclic) bond motifs is 2. The Kier molecular flexibility index (Phi) is 11.9. The molecule has 1 saturated carbocycles. The number of ether oxygens (including phenoxy) is 1. The normalized spacial score (nSPS) is 17.0. The summed E-state index contributed by atoms with van der Waals surface area (Å²) in [7, 11) is 0. The highest BCUT2D eigenvalue weighted by Crippen LogP contribution is 2.43. The number of hydrogen-bond donors (Lipinski definition) is 5. The predicted molar refractivity (Wildman–Crippen MR) is 210 cm³/mol. The molecule has 1 aliphatic rings. The minimum Gasteiger partial charge on any atom is -0.444 e. The van der Waals surface area contributed by atoms with Crippen molar-refractivity contribution in [3.8, 4) is 11.1 Å². The van der Waals surface area contributed by atoms with E-state index in [9.17, 15) is 36.3 Å². The van der Waals surface area contributed by atoms with Crippen LogP contribution in [-0.4, -0.2) is 62.2 Å². The summed E-state index contributed by atoms with van der Waals surface area (Å²) < 4.78 is 72.4. The lowest BCUT2D eigenvalue weighted by Crippen LogP contribution is -2.48. The van der Waals surface area contributed by atoms with Crippen molar-refractivity contribution in [2.24, 2.45) is 11.8 Å². The SMILES string of the molecule is Cc1cc2[nH]c(C(C)C)nc2cc1-c1ccc(C[C@H](NC(=O)C2CCC(CNC(=O)OC(C)(C)C)CC2)C(=O)Nc2ccc3nc(C(F)(F)C(F)(F)F)[nH]c3c2)cc1. The number of anilines is 1. The van der Waals surface area contributed by atoms with Gasteiger partial charge in [-0.3, -0.25) is 9.59 Å². The first-order chi connectivity index (χ1) is 27.2. The van der Waals surface area contributed by atoms with Gasteiger partial charge in [0, 0.05) is 30.5 Å². The largest absolute Gasteiger partial charge is 0.461 e. The molecule has 310 valence electrons. The quantitative estimate of drug-likeness (QED) is 0.0839. The van der Waals surface area contributed by atoms with Crippen LogP contribution in [0.1, 0.15) is 89.0 Å². The molecule has 0 unspecified atom stereocenters. The molecule has 0 radical (unpaired) electrons. The second-order valence-electron chi connectivity index (χ2n) is 16.4. The lowest BCUT2D eigenvalue weighted by Gasteiger charge is -2.29. The summed E-state index contributed by atoms with van der Waals surface area (Å²) in [5.41, 5.74) is 4.68. The molecule has 1 atom stereocenters. The summed E-state index contributed by atoms with van der Waals surface area (Å²) in [5.74, 6) is -6.82. The molecule has 5 aromatic rings. The standard InChI is InChI=1S/C42H48F5N7O4/c1-22(2)35-50-31-17-23(3)29(20-33(31)51-35)26-11-7-24(8-12-26)18-34(52-36(55)27-13-9-25(10-14-27)21-48-39(57)58-40(4,5)6)37(56)49-28-15-16-30-32(19-28)54-38(53-30)41(43,44)42(45,46)47/h7-8,11-12,15-17,19-20,22,25,27,34H,9-10,13-14,18,21H2,1-6H3,(H,48,57)(H,49,56)(H,50,51)(H,52,55)(H,53,54)/t25?,27?,34-/m0/s1. The topological polar surface area (TPSA) is 154 Å². The van der Waals surface area contributed by atoms with Crippen molar-refractivity contribution >= 4 is 45.7 Å². The van der Waals surface area contributed by atoms with E-state index >= 15 is 0 Å². The Bertz CT molecular complexity index is 2290. The molecule has 6 rings (SSSR count). The molecule has 58 heavy (non-hydrogen) atoms. The second kappa shape index (κ2) is 16.4. The number of nitrogens with one attached hydrogen (secondary N) is 5. The third kappa shape index (κ3) is 9.76. The Morgan fingerprint density at radius 2 is 1.53 bits per heavy atom. The fraction of sp³-hybridized carbons (Fsp3) is 0.452. The summed E-state index contributed by atoms with van der Waals surface area (Å²) in [4.78, 5) is 53.3. The summed E-state index contributed by atoms with van der Waals surface area (Å²) in [6.07, 6.45) is -3.85. The zero-order valence-corrected chi connectivity index (χ0v) is 33.2. The number of aromatic amines is 2. The second-order valence-corrected chi connectivity index (χ2v) is 16.4. The monoisotopic (exact) mass is 809 g/mol. The van der Waals surface area contributed by atoms with E-state index in [0.29, 0.717) is 32.2 Å². The number of benzene rings is 3. The molecule has 2 heterocycles. The minimum absolute atomic E-state index is 0.0936. The molecule has 0 aliphatic heterocycles. The van der Waals surface area contributed by atoms with Gasteiger partial charge in [0.05, 0.1) is 22.1 Å². The number of carbonyl (C=O) groups is 3. The number of imidazole rings is 2. The number of halogens is 5. The highest BCUT2D eigenvalue weighted by atomic mass is 19.4. The van der Waals surface area contributed by atoms with Crippen molar-refractivity contribution in [3.05, 3.63) is 77.4 Å². The number of aromatic nitrogens is 4. The van der Waals surface area contributed by atoms with Gasteiger partial charge >= 0.3 is 18.2 Å². The average Bonchev–Trinajstić information content (AvgIpc) is 3.77. The Balaban J connectivity index is 1.18. The summed E-state index contributed by atoms with van der Waals surface area (Å²) in [6, 6.07) is 14.4. The van der Waals surface area contributed by atoms with Crippen LogP contribution in [0.15, 0.2) is 54.6 Å². The summed E-state index contributed by atoms with van der Waals surface area (Å²) >= 11 is 0. The molecular weight excluding hydrogens is 761 g/mol. The van der Waals surface area contributed by atoms with Gasteiger partial charge in [-0.2, -0.15) is 22.0 Å². The lowest BCUT2D eigenvalue weighted by molar-refractivity contribution is -0.292. The van der Waals surface area contributed by atoms with Crippen LogP contribution in [-0.2, 0) is 26.7 Å². The maximum absolute atomic E-state index is 14.0. The Morgan fingerprint density at radius 3 is 2.17 bits per heavy atom. The molecule has 2 aromatic heterocycles. The number of hydrogen-bond acceptors (Lipinski definition) is 6. The van der Waals surface area contributed by atoms with Crippen LogP contribution in [0.5, 0.6) is 0 Å². The zero-order valence-electron chi connectivity index (χ0n) is 33.2. The zero-order chi connectivity index (χ0) is 42.2. The first-order valence-electron chi connectivity index (χ1n) is 19.3. The van der Waals surface area contributed by atoms with E-state index in [1.165, 1.54) is 18.2 Å². The summed E-state index contributed by atoms with van der Waals surface area (Å²) in [6.45, 7) is 11.9. The van der Waals surface area contributed by atoms with Crippen molar-refractivity contribution in [1.82, 2.24) is 30.6 Å². The van der Waals surface area contributed by atoms with E-state index in [0.717, 1.165) is 39.1 Å². The first-order valence-corrected chi connectivity index (χ1v) is 19.3. The molecule has 0 saturated heterocycles. The van der Waals surface area contributed by atoms with Crippen molar-refractivity contribution in [2.45, 2.75) is 103 Å². The molecule has 1 fully saturated rings. The highest BCUT2D eigenvalue weighted by Gasteiger charge is 2.61. The van der Waals surface area contributed by atoms with Crippen LogP contribution in [0.3, 0.4) is 0 Å². The smallest absolute Gasteiger partial charge is 0.444 e. The van der Waals surface area contributed by atoms with E-state index < -0.39 is 41.6 Å². The number of rotatable bonds is 11. The van der Waals surface area contributed by atoms with E-state index in [4.69, 9.17) is 9.72 Å². The number of aryl methyl sites for hydroxylation is 1. The highest BCUT2D eigenvalue weighted by molar-refractivity contribution is 5.99. The maximum atomic E-state index is 14.0. The number of H-pyrrole nitrogens is 2. The fourth-order valence-electron chi connectivity index (χ4n) is 7.09. The first kappa shape index (κ1) is 42.1. The Morgan fingerprint density at radius 1 is 0.862 bits per heavy atom. The maximum Gasteiger partial charge on any atom is 0.461 e. The molecule has 11 nitrogen and oxygen atoms in total. The predicted octanol–water partition coefficient (Wildman–Crippen LogP) is 9.19. The van der Waals surface area contributed by atoms with Gasteiger partial charge in [0.15, 0.2) is 5.82 Å². The third-order valence-electron chi connectivity index (χ3n) is 10.3. The Hall–Kier alpha value is -5.54. The molecule has 0 bridgehead atoms. The van der Waals surface area contributed by atoms with Gasteiger partial charge in [-0.1, -0.05) is 38.1 Å². The van der Waals surface area contributed by atoms with Gasteiger partial charge in [0.1, 0.15) is 17.5 Å². The number of nitrogens with zero attached hydrogens (tertiary/aromatic N) is 2. The number of amides is 3. The van der Waals surface area contributed by atoms with Gasteiger partial charge in [-0.05, 0) is 112 Å².